The number of hydrogen-bond acceptors (Lipinski definition) is 4. The zero-order valence-electron chi connectivity index (χ0n) is 14.1. The molecule has 0 fully saturated rings. The molecule has 0 radical (unpaired) electrons. The number of nitrogens with zero attached hydrogens (tertiary/aromatic N) is 2. The fourth-order valence-electron chi connectivity index (χ4n) is 3.28. The summed E-state index contributed by atoms with van der Waals surface area (Å²) in [7, 11) is 0. The number of nitrogens with one attached hydrogen (secondary N) is 1. The van der Waals surface area contributed by atoms with Crippen molar-refractivity contribution < 1.29 is 0 Å². The number of aryl methyl sites for hydroxylation is 4. The van der Waals surface area contributed by atoms with Crippen LogP contribution in [0.4, 0.5) is 5.69 Å². The van der Waals surface area contributed by atoms with Gasteiger partial charge < -0.3 is 5.32 Å². The van der Waals surface area contributed by atoms with Crippen LogP contribution in [0.3, 0.4) is 0 Å². The Morgan fingerprint density at radius 2 is 2.00 bits per heavy atom. The van der Waals surface area contributed by atoms with Crippen molar-refractivity contribution in [2.24, 2.45) is 0 Å². The molecular formula is C19H21N3OS. The molecule has 2 aromatic heterocycles. The Hall–Kier alpha value is -2.14. The van der Waals surface area contributed by atoms with Crippen LogP contribution in [0.25, 0.3) is 4.96 Å². The second kappa shape index (κ2) is 6.06. The van der Waals surface area contributed by atoms with Crippen molar-refractivity contribution in [1.82, 2.24) is 9.38 Å². The zero-order chi connectivity index (χ0) is 16.7. The molecule has 4 nitrogen and oxygen atoms in total. The third-order valence-corrected chi connectivity index (χ3v) is 5.94. The van der Waals surface area contributed by atoms with Crippen LogP contribution in [-0.4, -0.2) is 9.38 Å². The highest BCUT2D eigenvalue weighted by Crippen LogP contribution is 2.28. The smallest absolute Gasteiger partial charge is 0.259 e. The summed E-state index contributed by atoms with van der Waals surface area (Å²) >= 11 is 1.68. The summed E-state index contributed by atoms with van der Waals surface area (Å²) in [6.45, 7) is 4.78. The standard InChI is InChI=1S/C19H21N3OS/c1-12-7-8-14(9-13(12)2)20-11-15-10-18(23)22-16-5-3-4-6-17(16)24-19(22)21-15/h7-10,20H,3-6,11H2,1-2H3. The Kier molecular flexibility index (Phi) is 3.88. The molecule has 0 unspecified atom stereocenters. The summed E-state index contributed by atoms with van der Waals surface area (Å²) in [4.78, 5) is 19.4. The molecule has 0 aliphatic heterocycles. The van der Waals surface area contributed by atoms with Gasteiger partial charge >= 0.3 is 0 Å². The fraction of sp³-hybridized carbons (Fsp3) is 0.368. The lowest BCUT2D eigenvalue weighted by atomic mass is 10.0. The monoisotopic (exact) mass is 339 g/mol. The molecule has 5 heteroatoms. The number of thiazole rings is 1. The van der Waals surface area contributed by atoms with Gasteiger partial charge in [0.05, 0.1) is 12.2 Å². The van der Waals surface area contributed by atoms with Crippen molar-refractivity contribution in [1.29, 1.82) is 0 Å². The number of anilines is 1. The van der Waals surface area contributed by atoms with Crippen molar-refractivity contribution in [3.05, 3.63) is 62.0 Å². The van der Waals surface area contributed by atoms with Crippen LogP contribution in [0.15, 0.2) is 29.1 Å². The van der Waals surface area contributed by atoms with Gasteiger partial charge in [0.1, 0.15) is 0 Å². The van der Waals surface area contributed by atoms with Crippen molar-refractivity contribution >= 4 is 22.0 Å². The molecule has 24 heavy (non-hydrogen) atoms. The fourth-order valence-corrected chi connectivity index (χ4v) is 4.51. The lowest BCUT2D eigenvalue weighted by Crippen LogP contribution is -2.18. The SMILES string of the molecule is Cc1ccc(NCc2cc(=O)n3c4c(sc3n2)CCCC4)cc1C. The summed E-state index contributed by atoms with van der Waals surface area (Å²) in [6, 6.07) is 7.97. The molecule has 0 spiro atoms. The van der Waals surface area contributed by atoms with Crippen molar-refractivity contribution in [3.63, 3.8) is 0 Å². The molecular weight excluding hydrogens is 318 g/mol. The molecule has 1 N–H and O–H groups in total. The van der Waals surface area contributed by atoms with Gasteiger partial charge in [0, 0.05) is 22.3 Å². The number of rotatable bonds is 3. The Labute approximate surface area is 145 Å². The average Bonchev–Trinajstić information content (AvgIpc) is 2.94. The molecule has 3 aromatic rings. The van der Waals surface area contributed by atoms with Crippen LogP contribution >= 0.6 is 11.3 Å². The quantitative estimate of drug-likeness (QED) is 0.788. The van der Waals surface area contributed by atoms with E-state index in [1.165, 1.54) is 34.5 Å². The first-order valence-electron chi connectivity index (χ1n) is 8.46. The molecule has 1 aliphatic carbocycles. The highest BCUT2D eigenvalue weighted by Gasteiger charge is 2.18. The van der Waals surface area contributed by atoms with E-state index in [2.05, 4.69) is 37.4 Å². The van der Waals surface area contributed by atoms with Gasteiger partial charge in [-0.2, -0.15) is 0 Å². The maximum Gasteiger partial charge on any atom is 0.259 e. The highest BCUT2D eigenvalue weighted by molar-refractivity contribution is 7.17. The second-order valence-electron chi connectivity index (χ2n) is 6.54. The van der Waals surface area contributed by atoms with Crippen LogP contribution in [0.2, 0.25) is 0 Å². The van der Waals surface area contributed by atoms with Gasteiger partial charge in [-0.25, -0.2) is 4.98 Å². The van der Waals surface area contributed by atoms with Crippen LogP contribution in [0.1, 0.15) is 40.2 Å². The molecule has 1 aromatic carbocycles. The van der Waals surface area contributed by atoms with E-state index in [-0.39, 0.29) is 5.56 Å². The van der Waals surface area contributed by atoms with Crippen LogP contribution in [0, 0.1) is 13.8 Å². The predicted molar refractivity (Wildman–Crippen MR) is 99.2 cm³/mol. The van der Waals surface area contributed by atoms with Crippen molar-refractivity contribution in [2.45, 2.75) is 46.1 Å². The van der Waals surface area contributed by atoms with E-state index in [1.54, 1.807) is 17.4 Å². The topological polar surface area (TPSA) is 46.4 Å². The number of benzene rings is 1. The normalized spacial score (nSPS) is 13.9. The van der Waals surface area contributed by atoms with Crippen LogP contribution in [0.5, 0.6) is 0 Å². The summed E-state index contributed by atoms with van der Waals surface area (Å²) in [5, 5.41) is 3.38. The molecule has 124 valence electrons. The Morgan fingerprint density at radius 3 is 2.83 bits per heavy atom. The third kappa shape index (κ3) is 2.73. The predicted octanol–water partition coefficient (Wildman–Crippen LogP) is 3.86. The minimum absolute atomic E-state index is 0.0521. The van der Waals surface area contributed by atoms with Gasteiger partial charge in [0.15, 0.2) is 4.96 Å². The zero-order valence-corrected chi connectivity index (χ0v) is 14.9. The minimum Gasteiger partial charge on any atom is -0.379 e. The van der Waals surface area contributed by atoms with Crippen molar-refractivity contribution in [2.75, 3.05) is 5.32 Å². The van der Waals surface area contributed by atoms with E-state index in [0.717, 1.165) is 29.2 Å². The Bertz CT molecular complexity index is 971. The van der Waals surface area contributed by atoms with Crippen LogP contribution in [-0.2, 0) is 19.4 Å². The Balaban J connectivity index is 1.63. The molecule has 0 amide bonds. The maximum atomic E-state index is 12.5. The largest absolute Gasteiger partial charge is 0.379 e. The van der Waals surface area contributed by atoms with E-state index in [9.17, 15) is 4.79 Å². The summed E-state index contributed by atoms with van der Waals surface area (Å²) in [6.07, 6.45) is 4.47. The molecule has 4 rings (SSSR count). The molecule has 0 bridgehead atoms. The second-order valence-corrected chi connectivity index (χ2v) is 7.60. The maximum absolute atomic E-state index is 12.5. The molecule has 0 saturated heterocycles. The van der Waals surface area contributed by atoms with E-state index < -0.39 is 0 Å². The summed E-state index contributed by atoms with van der Waals surface area (Å²) in [5.41, 5.74) is 5.64. The third-order valence-electron chi connectivity index (χ3n) is 4.80. The molecule has 0 atom stereocenters. The summed E-state index contributed by atoms with van der Waals surface area (Å²) in [5.74, 6) is 0. The van der Waals surface area contributed by atoms with Gasteiger partial charge in [-0.05, 0) is 62.8 Å². The van der Waals surface area contributed by atoms with Gasteiger partial charge in [-0.15, -0.1) is 11.3 Å². The molecule has 1 aliphatic rings. The van der Waals surface area contributed by atoms with Gasteiger partial charge in [0.2, 0.25) is 0 Å². The van der Waals surface area contributed by atoms with E-state index in [1.807, 2.05) is 4.40 Å². The van der Waals surface area contributed by atoms with Crippen molar-refractivity contribution in [3.8, 4) is 0 Å². The number of aromatic nitrogens is 2. The van der Waals surface area contributed by atoms with Gasteiger partial charge in [-0.3, -0.25) is 9.20 Å². The average molecular weight is 339 g/mol. The first-order valence-corrected chi connectivity index (χ1v) is 9.28. The van der Waals surface area contributed by atoms with E-state index in [0.29, 0.717) is 6.54 Å². The Morgan fingerprint density at radius 1 is 1.17 bits per heavy atom. The first kappa shape index (κ1) is 15.4. The number of hydrogen-bond donors (Lipinski definition) is 1. The summed E-state index contributed by atoms with van der Waals surface area (Å²) < 4.78 is 1.82. The minimum atomic E-state index is 0.0521. The lowest BCUT2D eigenvalue weighted by Gasteiger charge is -2.10. The first-order chi connectivity index (χ1) is 11.6. The lowest BCUT2D eigenvalue weighted by molar-refractivity contribution is 0.670. The number of fused-ring (bicyclic) bond motifs is 3. The molecule has 2 heterocycles. The van der Waals surface area contributed by atoms with Crippen LogP contribution < -0.4 is 10.9 Å². The molecule has 0 saturated carbocycles. The van der Waals surface area contributed by atoms with E-state index in [4.69, 9.17) is 4.98 Å². The van der Waals surface area contributed by atoms with E-state index >= 15 is 0 Å². The van der Waals surface area contributed by atoms with Gasteiger partial charge in [-0.1, -0.05) is 6.07 Å². The van der Waals surface area contributed by atoms with Gasteiger partial charge in [0.25, 0.3) is 5.56 Å². The highest BCUT2D eigenvalue weighted by atomic mass is 32.1.